The highest BCUT2D eigenvalue weighted by molar-refractivity contribution is 6.02. The third-order valence-corrected chi connectivity index (χ3v) is 5.65. The number of methoxy groups -OCH3 is 1. The van der Waals surface area contributed by atoms with E-state index in [9.17, 15) is 35.4 Å². The largest absolute Gasteiger partial charge is 0.507 e. The maximum atomic E-state index is 12.7. The second-order valence-corrected chi connectivity index (χ2v) is 7.80. The lowest BCUT2D eigenvalue weighted by Crippen LogP contribution is -2.60. The summed E-state index contributed by atoms with van der Waals surface area (Å²) in [4.78, 5) is 12.7. The van der Waals surface area contributed by atoms with Gasteiger partial charge in [0.05, 0.1) is 20.1 Å². The number of ether oxygens (including phenoxy) is 4. The lowest BCUT2D eigenvalue weighted by atomic mass is 9.95. The highest BCUT2D eigenvalue weighted by Gasteiger charge is 2.45. The van der Waals surface area contributed by atoms with Crippen molar-refractivity contribution in [3.63, 3.8) is 0 Å². The van der Waals surface area contributed by atoms with Crippen molar-refractivity contribution >= 4 is 5.78 Å². The van der Waals surface area contributed by atoms with Crippen LogP contribution in [0.5, 0.6) is 28.7 Å². The van der Waals surface area contributed by atoms with Crippen LogP contribution in [0.25, 0.3) is 0 Å². The number of hydrogen-bond acceptors (Lipinski definition) is 11. The van der Waals surface area contributed by atoms with Gasteiger partial charge in [-0.1, -0.05) is 6.07 Å². The molecule has 11 nitrogen and oxygen atoms in total. The SMILES string of the molecule is COc1cc([C@H]2CC(=O)c3c(O)cc(O[C@H]4O[C@H](CO)[C@H](O)[C@H](O)[C@H]4O)cc3O2)ccc1O. The lowest BCUT2D eigenvalue weighted by Gasteiger charge is -2.39. The Morgan fingerprint density at radius 2 is 1.79 bits per heavy atom. The van der Waals surface area contributed by atoms with Gasteiger partial charge in [-0.25, -0.2) is 0 Å². The van der Waals surface area contributed by atoms with Crippen molar-refractivity contribution in [1.82, 2.24) is 0 Å². The first-order chi connectivity index (χ1) is 15.7. The average Bonchev–Trinajstić information content (AvgIpc) is 2.79. The Bertz CT molecular complexity index is 1040. The Balaban J connectivity index is 1.60. The minimum atomic E-state index is -1.65. The van der Waals surface area contributed by atoms with E-state index < -0.39 is 49.2 Å². The molecule has 0 aliphatic carbocycles. The van der Waals surface area contributed by atoms with Crippen LogP contribution in [0, 0.1) is 0 Å². The molecule has 0 spiro atoms. The topological polar surface area (TPSA) is 175 Å². The van der Waals surface area contributed by atoms with Gasteiger partial charge in [-0.3, -0.25) is 4.79 Å². The number of carbonyl (C=O) groups excluding carboxylic acids is 1. The van der Waals surface area contributed by atoms with Crippen LogP contribution in [-0.2, 0) is 4.74 Å². The van der Waals surface area contributed by atoms with Crippen LogP contribution in [0.2, 0.25) is 0 Å². The van der Waals surface area contributed by atoms with Crippen LogP contribution in [0.1, 0.15) is 28.4 Å². The number of carbonyl (C=O) groups is 1. The van der Waals surface area contributed by atoms with Crippen LogP contribution in [-0.4, -0.2) is 80.8 Å². The molecular formula is C22H24O11. The third kappa shape index (κ3) is 4.28. The van der Waals surface area contributed by atoms with Crippen molar-refractivity contribution in [2.75, 3.05) is 13.7 Å². The normalized spacial score (nSPS) is 29.2. The monoisotopic (exact) mass is 464 g/mol. The van der Waals surface area contributed by atoms with Gasteiger partial charge in [0, 0.05) is 12.1 Å². The van der Waals surface area contributed by atoms with Gasteiger partial charge in [0.2, 0.25) is 6.29 Å². The highest BCUT2D eigenvalue weighted by atomic mass is 16.7. The molecule has 1 fully saturated rings. The third-order valence-electron chi connectivity index (χ3n) is 5.65. The molecule has 1 saturated heterocycles. The molecule has 6 atom stereocenters. The van der Waals surface area contributed by atoms with Crippen molar-refractivity contribution < 1.29 is 54.4 Å². The lowest BCUT2D eigenvalue weighted by molar-refractivity contribution is -0.277. The number of aliphatic hydroxyl groups excluding tert-OH is 4. The summed E-state index contributed by atoms with van der Waals surface area (Å²) in [5.41, 5.74) is 0.515. The van der Waals surface area contributed by atoms with E-state index in [-0.39, 0.29) is 40.8 Å². The fraction of sp³-hybridized carbons (Fsp3) is 0.409. The van der Waals surface area contributed by atoms with Crippen LogP contribution in [0.3, 0.4) is 0 Å². The van der Waals surface area contributed by atoms with Crippen molar-refractivity contribution in [2.45, 2.75) is 43.2 Å². The molecule has 0 bridgehead atoms. The number of fused-ring (bicyclic) bond motifs is 1. The summed E-state index contributed by atoms with van der Waals surface area (Å²) in [6, 6.07) is 6.97. The molecule has 2 aromatic rings. The number of Topliss-reactive ketones (excluding diaryl/α,β-unsaturated/α-hetero) is 1. The van der Waals surface area contributed by atoms with Gasteiger partial charge in [-0.05, 0) is 17.7 Å². The number of aromatic hydroxyl groups is 2. The zero-order valence-corrected chi connectivity index (χ0v) is 17.5. The summed E-state index contributed by atoms with van der Waals surface area (Å²) in [5, 5.41) is 59.5. The van der Waals surface area contributed by atoms with E-state index in [1.807, 2.05) is 0 Å². The number of aliphatic hydroxyl groups is 4. The molecule has 33 heavy (non-hydrogen) atoms. The van der Waals surface area contributed by atoms with Crippen LogP contribution < -0.4 is 14.2 Å². The van der Waals surface area contributed by atoms with E-state index in [0.717, 1.165) is 6.07 Å². The molecule has 0 unspecified atom stereocenters. The molecule has 0 amide bonds. The molecule has 11 heteroatoms. The number of benzene rings is 2. The van der Waals surface area contributed by atoms with Gasteiger partial charge in [-0.15, -0.1) is 0 Å². The van der Waals surface area contributed by atoms with Crippen LogP contribution >= 0.6 is 0 Å². The molecule has 2 aromatic carbocycles. The van der Waals surface area contributed by atoms with Crippen molar-refractivity contribution in [1.29, 1.82) is 0 Å². The van der Waals surface area contributed by atoms with E-state index >= 15 is 0 Å². The molecule has 0 radical (unpaired) electrons. The fourth-order valence-electron chi connectivity index (χ4n) is 3.86. The molecule has 0 saturated carbocycles. The first kappa shape index (κ1) is 23.1. The smallest absolute Gasteiger partial charge is 0.229 e. The van der Waals surface area contributed by atoms with Gasteiger partial charge in [0.25, 0.3) is 0 Å². The van der Waals surface area contributed by atoms with E-state index in [1.165, 1.54) is 25.3 Å². The highest BCUT2D eigenvalue weighted by Crippen LogP contribution is 2.43. The molecular weight excluding hydrogens is 440 g/mol. The predicted octanol–water partition coefficient (Wildman–Crippen LogP) is -0.00840. The summed E-state index contributed by atoms with van der Waals surface area (Å²) in [7, 11) is 1.39. The molecule has 0 aromatic heterocycles. The predicted molar refractivity (Wildman–Crippen MR) is 109 cm³/mol. The van der Waals surface area contributed by atoms with Gasteiger partial charge in [0.15, 0.2) is 17.3 Å². The van der Waals surface area contributed by atoms with Gasteiger partial charge in [-0.2, -0.15) is 0 Å². The molecule has 2 heterocycles. The Morgan fingerprint density at radius 1 is 1.03 bits per heavy atom. The Labute approximate surface area is 188 Å². The summed E-state index contributed by atoms with van der Waals surface area (Å²) >= 11 is 0. The first-order valence-electron chi connectivity index (χ1n) is 10.1. The van der Waals surface area contributed by atoms with Crippen LogP contribution in [0.15, 0.2) is 30.3 Å². The van der Waals surface area contributed by atoms with Crippen molar-refractivity contribution in [3.8, 4) is 28.7 Å². The van der Waals surface area contributed by atoms with E-state index in [2.05, 4.69) is 0 Å². The molecule has 178 valence electrons. The minimum absolute atomic E-state index is 0.0166. The van der Waals surface area contributed by atoms with Gasteiger partial charge >= 0.3 is 0 Å². The van der Waals surface area contributed by atoms with E-state index in [4.69, 9.17) is 18.9 Å². The first-order valence-corrected chi connectivity index (χ1v) is 10.1. The fourth-order valence-corrected chi connectivity index (χ4v) is 3.86. The summed E-state index contributed by atoms with van der Waals surface area (Å²) in [6.45, 7) is -0.629. The number of phenolic OH excluding ortho intramolecular Hbond substituents is 2. The Morgan fingerprint density at radius 3 is 2.48 bits per heavy atom. The van der Waals surface area contributed by atoms with Crippen LogP contribution in [0.4, 0.5) is 0 Å². The maximum absolute atomic E-state index is 12.7. The molecule has 2 aliphatic rings. The van der Waals surface area contributed by atoms with E-state index in [0.29, 0.717) is 5.56 Å². The number of hydrogen-bond donors (Lipinski definition) is 6. The number of rotatable bonds is 5. The van der Waals surface area contributed by atoms with Crippen molar-refractivity contribution in [3.05, 3.63) is 41.5 Å². The molecule has 2 aliphatic heterocycles. The quantitative estimate of drug-likeness (QED) is 0.351. The second kappa shape index (κ2) is 9.04. The Kier molecular flexibility index (Phi) is 6.32. The zero-order valence-electron chi connectivity index (χ0n) is 17.5. The number of phenols is 2. The van der Waals surface area contributed by atoms with Gasteiger partial charge in [0.1, 0.15) is 53.3 Å². The van der Waals surface area contributed by atoms with E-state index in [1.54, 1.807) is 6.07 Å². The summed E-state index contributed by atoms with van der Waals surface area (Å²) in [6.07, 6.45) is -8.30. The second-order valence-electron chi connectivity index (χ2n) is 7.80. The molecule has 4 rings (SSSR count). The average molecular weight is 464 g/mol. The summed E-state index contributed by atoms with van der Waals surface area (Å²) < 4.78 is 21.9. The standard InChI is InChI=1S/C22H24O11/c1-30-15-4-9(2-3-11(15)24)14-7-13(26)18-12(25)5-10(6-16(18)32-14)31-22-21(29)20(28)19(27)17(8-23)33-22/h2-6,14,17,19-25,27-29H,7-8H2,1H3/t14-,17-,19+,20+,21-,22+/m1/s1. The minimum Gasteiger partial charge on any atom is -0.507 e. The zero-order chi connectivity index (χ0) is 23.9. The molecule has 6 N–H and O–H groups in total. The van der Waals surface area contributed by atoms with Crippen molar-refractivity contribution in [2.24, 2.45) is 0 Å². The Hall–Kier alpha value is -3.09. The summed E-state index contributed by atoms with van der Waals surface area (Å²) in [5.74, 6) is -0.701. The van der Waals surface area contributed by atoms with Gasteiger partial charge < -0.3 is 49.6 Å². The number of ketones is 1. The maximum Gasteiger partial charge on any atom is 0.229 e.